The highest BCUT2D eigenvalue weighted by molar-refractivity contribution is 7.90. The number of nitrogens with one attached hydrogen (secondary N) is 1. The highest BCUT2D eigenvalue weighted by atomic mass is 32.2. The lowest BCUT2D eigenvalue weighted by Crippen LogP contribution is -2.43. The van der Waals surface area contributed by atoms with Crippen LogP contribution in [0.1, 0.15) is 16.8 Å². The number of aromatic nitrogens is 2. The first-order chi connectivity index (χ1) is 13.3. The number of nitrogens with zero attached hydrogens (tertiary/aromatic N) is 2. The Morgan fingerprint density at radius 2 is 1.82 bits per heavy atom. The predicted octanol–water partition coefficient (Wildman–Crippen LogP) is -0.201. The van der Waals surface area contributed by atoms with Gasteiger partial charge in [0.1, 0.15) is 18.2 Å². The van der Waals surface area contributed by atoms with Crippen molar-refractivity contribution in [1.29, 1.82) is 0 Å². The minimum absolute atomic E-state index is 0.108. The molecule has 0 aliphatic heterocycles. The Labute approximate surface area is 162 Å². The van der Waals surface area contributed by atoms with Gasteiger partial charge < -0.3 is 20.3 Å². The number of carbonyl (C=O) groups is 1. The van der Waals surface area contributed by atoms with E-state index in [1.165, 1.54) is 43.0 Å². The molecule has 10 heteroatoms. The third-order valence-corrected chi connectivity index (χ3v) is 5.79. The molecule has 1 fully saturated rings. The number of hydrogen-bond acceptors (Lipinski definition) is 8. The summed E-state index contributed by atoms with van der Waals surface area (Å²) in [5.41, 5.74) is 0.259. The van der Waals surface area contributed by atoms with E-state index < -0.39 is 39.9 Å². The van der Waals surface area contributed by atoms with E-state index in [-0.39, 0.29) is 17.1 Å². The molecular formula is C18H21N3O6S. The normalized spacial score (nSPS) is 24.7. The van der Waals surface area contributed by atoms with Gasteiger partial charge in [0.15, 0.2) is 9.84 Å². The highest BCUT2D eigenvalue weighted by Crippen LogP contribution is 2.28. The van der Waals surface area contributed by atoms with Crippen LogP contribution in [0.25, 0.3) is 0 Å². The van der Waals surface area contributed by atoms with Gasteiger partial charge in [0, 0.05) is 24.6 Å². The standard InChI is InChI=1S/C18H21N3O6S/c1-28(25,26)14-4-2-13(3-5-14)27-9-11-6-15(17(23)16(11)22)21-18(24)12-7-19-10-20-8-12/h2-5,7-8,10-11,15-17,22-23H,6,9H2,1H3,(H,21,24). The van der Waals surface area contributed by atoms with Gasteiger partial charge >= 0.3 is 0 Å². The van der Waals surface area contributed by atoms with Gasteiger partial charge in [-0.2, -0.15) is 0 Å². The fourth-order valence-electron chi connectivity index (χ4n) is 3.09. The monoisotopic (exact) mass is 407 g/mol. The number of aliphatic hydroxyl groups is 2. The van der Waals surface area contributed by atoms with Crippen LogP contribution in [0.4, 0.5) is 0 Å². The maximum absolute atomic E-state index is 12.2. The van der Waals surface area contributed by atoms with Crippen molar-refractivity contribution in [3.05, 3.63) is 48.5 Å². The molecule has 3 N–H and O–H groups in total. The van der Waals surface area contributed by atoms with Crippen LogP contribution < -0.4 is 10.1 Å². The van der Waals surface area contributed by atoms with Gasteiger partial charge in [-0.15, -0.1) is 0 Å². The van der Waals surface area contributed by atoms with E-state index in [1.54, 1.807) is 0 Å². The van der Waals surface area contributed by atoms with Crippen LogP contribution in [0.15, 0.2) is 47.9 Å². The molecule has 1 aromatic carbocycles. The molecule has 1 aromatic heterocycles. The van der Waals surface area contributed by atoms with E-state index in [0.29, 0.717) is 12.2 Å². The highest BCUT2D eigenvalue weighted by Gasteiger charge is 2.42. The molecule has 9 nitrogen and oxygen atoms in total. The zero-order chi connectivity index (χ0) is 20.3. The van der Waals surface area contributed by atoms with Crippen molar-refractivity contribution in [2.45, 2.75) is 29.6 Å². The number of aliphatic hydroxyl groups excluding tert-OH is 2. The van der Waals surface area contributed by atoms with Crippen LogP contribution in [0.5, 0.6) is 5.75 Å². The smallest absolute Gasteiger partial charge is 0.254 e. The van der Waals surface area contributed by atoms with Crippen molar-refractivity contribution in [2.75, 3.05) is 12.9 Å². The molecular weight excluding hydrogens is 386 g/mol. The molecule has 1 saturated carbocycles. The maximum Gasteiger partial charge on any atom is 0.254 e. The summed E-state index contributed by atoms with van der Waals surface area (Å²) in [5, 5.41) is 23.2. The Morgan fingerprint density at radius 1 is 1.18 bits per heavy atom. The Bertz CT molecular complexity index is 920. The number of sulfone groups is 1. The summed E-state index contributed by atoms with van der Waals surface area (Å²) < 4.78 is 28.6. The van der Waals surface area contributed by atoms with E-state index in [1.807, 2.05) is 0 Å². The van der Waals surface area contributed by atoms with Gasteiger partial charge in [0.05, 0.1) is 29.2 Å². The van der Waals surface area contributed by atoms with Gasteiger partial charge in [0.25, 0.3) is 5.91 Å². The van der Waals surface area contributed by atoms with Gasteiger partial charge in [-0.05, 0) is 30.7 Å². The molecule has 0 spiro atoms. The summed E-state index contributed by atoms with van der Waals surface area (Å²) in [6.45, 7) is 0.108. The van der Waals surface area contributed by atoms with Crippen LogP contribution in [0, 0.1) is 5.92 Å². The zero-order valence-corrected chi connectivity index (χ0v) is 15.9. The number of ether oxygens (including phenoxy) is 1. The van der Waals surface area contributed by atoms with Crippen LogP contribution in [0.2, 0.25) is 0 Å². The Balaban J connectivity index is 1.57. The number of amides is 1. The summed E-state index contributed by atoms with van der Waals surface area (Å²) in [6.07, 6.45) is 3.28. The van der Waals surface area contributed by atoms with E-state index >= 15 is 0 Å². The summed E-state index contributed by atoms with van der Waals surface area (Å²) in [7, 11) is -3.29. The SMILES string of the molecule is CS(=O)(=O)c1ccc(OCC2CC(NC(=O)c3cncnc3)C(O)C2O)cc1. The first kappa shape index (κ1) is 20.2. The molecule has 0 bridgehead atoms. The first-order valence-corrected chi connectivity index (χ1v) is 10.5. The quantitative estimate of drug-likeness (QED) is 0.598. The van der Waals surface area contributed by atoms with E-state index in [0.717, 1.165) is 6.26 Å². The van der Waals surface area contributed by atoms with Crippen molar-refractivity contribution < 1.29 is 28.2 Å². The summed E-state index contributed by atoms with van der Waals surface area (Å²) in [5.74, 6) is -0.389. The van der Waals surface area contributed by atoms with Crippen LogP contribution in [0.3, 0.4) is 0 Å². The third-order valence-electron chi connectivity index (χ3n) is 4.66. The lowest BCUT2D eigenvalue weighted by molar-refractivity contribution is 0.00252. The lowest BCUT2D eigenvalue weighted by atomic mass is 10.1. The fourth-order valence-corrected chi connectivity index (χ4v) is 3.72. The molecule has 150 valence electrons. The molecule has 4 unspecified atom stereocenters. The topological polar surface area (TPSA) is 139 Å². The average Bonchev–Trinajstić information content (AvgIpc) is 2.94. The lowest BCUT2D eigenvalue weighted by Gasteiger charge is -2.18. The van der Waals surface area contributed by atoms with E-state index in [9.17, 15) is 23.4 Å². The molecule has 0 radical (unpaired) electrons. The Kier molecular flexibility index (Phi) is 5.92. The first-order valence-electron chi connectivity index (χ1n) is 8.60. The minimum Gasteiger partial charge on any atom is -0.493 e. The maximum atomic E-state index is 12.2. The van der Waals surface area contributed by atoms with Crippen molar-refractivity contribution in [2.24, 2.45) is 5.92 Å². The molecule has 4 atom stereocenters. The molecule has 1 aliphatic carbocycles. The van der Waals surface area contributed by atoms with Gasteiger partial charge in [-0.3, -0.25) is 4.79 Å². The predicted molar refractivity (Wildman–Crippen MR) is 98.5 cm³/mol. The summed E-state index contributed by atoms with van der Waals surface area (Å²) in [4.78, 5) is 19.9. The van der Waals surface area contributed by atoms with E-state index in [2.05, 4.69) is 15.3 Å². The second-order valence-electron chi connectivity index (χ2n) is 6.74. The average molecular weight is 407 g/mol. The van der Waals surface area contributed by atoms with Gasteiger partial charge in [-0.1, -0.05) is 0 Å². The zero-order valence-electron chi connectivity index (χ0n) is 15.1. The largest absolute Gasteiger partial charge is 0.493 e. The second kappa shape index (κ2) is 8.21. The van der Waals surface area contributed by atoms with Crippen LogP contribution >= 0.6 is 0 Å². The van der Waals surface area contributed by atoms with Crippen LogP contribution in [-0.2, 0) is 9.84 Å². The molecule has 28 heavy (non-hydrogen) atoms. The molecule has 1 amide bonds. The molecule has 0 saturated heterocycles. The van der Waals surface area contributed by atoms with Crippen LogP contribution in [-0.4, -0.2) is 65.6 Å². The third kappa shape index (κ3) is 4.64. The minimum atomic E-state index is -3.29. The number of carbonyl (C=O) groups excluding carboxylic acids is 1. The Hall–Kier alpha value is -2.56. The van der Waals surface area contributed by atoms with Crippen molar-refractivity contribution in [3.8, 4) is 5.75 Å². The number of rotatable bonds is 6. The molecule has 1 aliphatic rings. The number of benzene rings is 1. The molecule has 1 heterocycles. The van der Waals surface area contributed by atoms with E-state index in [4.69, 9.17) is 4.74 Å². The second-order valence-corrected chi connectivity index (χ2v) is 8.75. The van der Waals surface area contributed by atoms with Crippen molar-refractivity contribution in [1.82, 2.24) is 15.3 Å². The van der Waals surface area contributed by atoms with Gasteiger partial charge in [-0.25, -0.2) is 18.4 Å². The summed E-state index contributed by atoms with van der Waals surface area (Å²) >= 11 is 0. The summed E-state index contributed by atoms with van der Waals surface area (Å²) in [6, 6.07) is 5.31. The van der Waals surface area contributed by atoms with Gasteiger partial charge in [0.2, 0.25) is 0 Å². The van der Waals surface area contributed by atoms with Crippen molar-refractivity contribution >= 4 is 15.7 Å². The number of hydrogen-bond donors (Lipinski definition) is 3. The molecule has 3 rings (SSSR count). The fraction of sp³-hybridized carbons (Fsp3) is 0.389. The Morgan fingerprint density at radius 3 is 2.43 bits per heavy atom. The van der Waals surface area contributed by atoms with Crippen molar-refractivity contribution in [3.63, 3.8) is 0 Å². The molecule has 2 aromatic rings.